The van der Waals surface area contributed by atoms with E-state index in [2.05, 4.69) is 16.4 Å². The van der Waals surface area contributed by atoms with Crippen molar-refractivity contribution in [1.29, 1.82) is 0 Å². The van der Waals surface area contributed by atoms with Crippen molar-refractivity contribution >= 4 is 21.7 Å². The molecule has 0 bridgehead atoms. The highest BCUT2D eigenvalue weighted by Crippen LogP contribution is 2.18. The quantitative estimate of drug-likeness (QED) is 0.557. The summed E-state index contributed by atoms with van der Waals surface area (Å²) in [6.45, 7) is 6.02. The molecule has 0 aliphatic carbocycles. The van der Waals surface area contributed by atoms with Gasteiger partial charge in [0.25, 0.3) is 0 Å². The molecule has 2 aromatic rings. The van der Waals surface area contributed by atoms with E-state index in [0.717, 1.165) is 27.9 Å². The van der Waals surface area contributed by atoms with Crippen molar-refractivity contribution in [2.45, 2.75) is 26.1 Å². The van der Waals surface area contributed by atoms with Crippen LogP contribution in [0.15, 0.2) is 47.5 Å². The number of anilines is 1. The van der Waals surface area contributed by atoms with E-state index in [0.29, 0.717) is 38.8 Å². The molecule has 156 valence electrons. The Hall–Kier alpha value is -2.42. The van der Waals surface area contributed by atoms with Crippen molar-refractivity contribution in [2.75, 3.05) is 31.6 Å². The predicted molar refractivity (Wildman–Crippen MR) is 116 cm³/mol. The Morgan fingerprint density at radius 2 is 1.72 bits per heavy atom. The highest BCUT2D eigenvalue weighted by molar-refractivity contribution is 7.88. The Balaban J connectivity index is 1.70. The summed E-state index contributed by atoms with van der Waals surface area (Å²) in [5, 5.41) is 3.10. The zero-order valence-corrected chi connectivity index (χ0v) is 17.7. The molecule has 0 unspecified atom stereocenters. The number of nitrogens with one attached hydrogen (secondary N) is 1. The van der Waals surface area contributed by atoms with E-state index in [1.54, 1.807) is 0 Å². The van der Waals surface area contributed by atoms with Crippen LogP contribution in [0, 0.1) is 13.8 Å². The number of aryl methyl sites for hydroxylation is 2. The number of hydrogen-bond acceptors (Lipinski definition) is 4. The van der Waals surface area contributed by atoms with Crippen LogP contribution < -0.4 is 11.1 Å². The summed E-state index contributed by atoms with van der Waals surface area (Å²) in [7, 11) is -3.40. The molecule has 7 nitrogen and oxygen atoms in total. The minimum atomic E-state index is -3.40. The van der Waals surface area contributed by atoms with Gasteiger partial charge < -0.3 is 15.8 Å². The molecule has 0 radical (unpaired) electrons. The van der Waals surface area contributed by atoms with Crippen LogP contribution >= 0.6 is 0 Å². The molecule has 0 aromatic heterocycles. The molecule has 0 spiro atoms. The van der Waals surface area contributed by atoms with E-state index < -0.39 is 10.0 Å². The zero-order valence-electron chi connectivity index (χ0n) is 16.9. The number of aliphatic imine (C=N–C) groups is 1. The summed E-state index contributed by atoms with van der Waals surface area (Å²) >= 11 is 0. The summed E-state index contributed by atoms with van der Waals surface area (Å²) < 4.78 is 32.2. The van der Waals surface area contributed by atoms with E-state index in [-0.39, 0.29) is 5.75 Å². The summed E-state index contributed by atoms with van der Waals surface area (Å²) in [5.74, 6) is 0.240. The van der Waals surface area contributed by atoms with Crippen molar-refractivity contribution < 1.29 is 13.2 Å². The maximum absolute atomic E-state index is 12.7. The van der Waals surface area contributed by atoms with Crippen molar-refractivity contribution in [3.63, 3.8) is 0 Å². The summed E-state index contributed by atoms with van der Waals surface area (Å²) in [5.41, 5.74) is 10.8. The molecule has 29 heavy (non-hydrogen) atoms. The van der Waals surface area contributed by atoms with Gasteiger partial charge in [-0.05, 0) is 48.2 Å². The van der Waals surface area contributed by atoms with Crippen molar-refractivity contribution in [3.8, 4) is 0 Å². The van der Waals surface area contributed by atoms with Gasteiger partial charge in [0.05, 0.1) is 25.5 Å². The monoisotopic (exact) mass is 416 g/mol. The number of nitrogens with two attached hydrogens (primary N) is 1. The van der Waals surface area contributed by atoms with Crippen LogP contribution in [0.4, 0.5) is 5.69 Å². The second-order valence-corrected chi connectivity index (χ2v) is 9.21. The highest BCUT2D eigenvalue weighted by Gasteiger charge is 2.25. The maximum atomic E-state index is 12.7. The van der Waals surface area contributed by atoms with Crippen molar-refractivity contribution in [3.05, 3.63) is 64.7 Å². The molecular weight excluding hydrogens is 388 g/mol. The number of sulfonamides is 1. The summed E-state index contributed by atoms with van der Waals surface area (Å²) in [6.07, 6.45) is 0. The maximum Gasteiger partial charge on any atom is 0.218 e. The largest absolute Gasteiger partial charge is 0.379 e. The minimum absolute atomic E-state index is 0.0525. The topological polar surface area (TPSA) is 97.0 Å². The predicted octanol–water partition coefficient (Wildman–Crippen LogP) is 2.39. The van der Waals surface area contributed by atoms with Crippen LogP contribution in [0.3, 0.4) is 0 Å². The fraction of sp³-hybridized carbons (Fsp3) is 0.381. The van der Waals surface area contributed by atoms with Crippen molar-refractivity contribution in [1.82, 2.24) is 4.31 Å². The normalized spacial score (nSPS) is 16.0. The molecule has 3 N–H and O–H groups in total. The molecule has 3 rings (SSSR count). The highest BCUT2D eigenvalue weighted by atomic mass is 32.2. The van der Waals surface area contributed by atoms with Crippen molar-refractivity contribution in [2.24, 2.45) is 10.7 Å². The average Bonchev–Trinajstić information content (AvgIpc) is 2.67. The van der Waals surface area contributed by atoms with Crippen LogP contribution in [0.1, 0.15) is 22.3 Å². The number of ether oxygens (including phenoxy) is 1. The van der Waals surface area contributed by atoms with E-state index >= 15 is 0 Å². The van der Waals surface area contributed by atoms with Gasteiger partial charge in [-0.1, -0.05) is 30.3 Å². The molecule has 0 atom stereocenters. The molecule has 0 amide bonds. The van der Waals surface area contributed by atoms with Gasteiger partial charge in [0.1, 0.15) is 0 Å². The molecule has 1 fully saturated rings. The second-order valence-electron chi connectivity index (χ2n) is 7.24. The van der Waals surface area contributed by atoms with Crippen LogP contribution in [0.25, 0.3) is 0 Å². The lowest BCUT2D eigenvalue weighted by molar-refractivity contribution is 0.0729. The van der Waals surface area contributed by atoms with Gasteiger partial charge in [0.2, 0.25) is 10.0 Å². The van der Waals surface area contributed by atoms with Gasteiger partial charge in [-0.2, -0.15) is 4.31 Å². The zero-order chi connectivity index (χ0) is 20.9. The number of hydrogen-bond donors (Lipinski definition) is 2. The van der Waals surface area contributed by atoms with Gasteiger partial charge in [-0.25, -0.2) is 13.4 Å². The van der Waals surface area contributed by atoms with Gasteiger partial charge in [-0.3, -0.25) is 0 Å². The van der Waals surface area contributed by atoms with E-state index in [9.17, 15) is 8.42 Å². The number of guanidine groups is 1. The number of rotatable bonds is 6. The fourth-order valence-electron chi connectivity index (χ4n) is 3.37. The fourth-order valence-corrected chi connectivity index (χ4v) is 4.93. The molecule has 1 aliphatic rings. The smallest absolute Gasteiger partial charge is 0.218 e. The summed E-state index contributed by atoms with van der Waals surface area (Å²) in [4.78, 5) is 4.41. The Kier molecular flexibility index (Phi) is 6.89. The number of morpholine rings is 1. The van der Waals surface area contributed by atoms with E-state index in [4.69, 9.17) is 10.5 Å². The molecular formula is C21H28N4O3S. The van der Waals surface area contributed by atoms with Gasteiger partial charge in [0.15, 0.2) is 5.96 Å². The molecule has 2 aromatic carbocycles. The lowest BCUT2D eigenvalue weighted by Crippen LogP contribution is -2.41. The molecule has 1 heterocycles. The first-order valence-electron chi connectivity index (χ1n) is 9.61. The third kappa shape index (κ3) is 6.03. The standard InChI is InChI=1S/C21H28N4O3S/c1-16-11-17(2)13-20(12-16)24-21(22)23-14-18-5-3-4-6-19(18)15-29(26,27)25-7-9-28-10-8-25/h3-6,11-13H,7-10,14-15H2,1-2H3,(H3,22,23,24). The molecule has 8 heteroatoms. The Labute approximate surface area is 172 Å². The van der Waals surface area contributed by atoms with Gasteiger partial charge in [-0.15, -0.1) is 0 Å². The third-order valence-electron chi connectivity index (χ3n) is 4.73. The van der Waals surface area contributed by atoms with Crippen LogP contribution in [-0.2, 0) is 27.1 Å². The lowest BCUT2D eigenvalue weighted by atomic mass is 10.1. The molecule has 0 saturated carbocycles. The lowest BCUT2D eigenvalue weighted by Gasteiger charge is -2.26. The van der Waals surface area contributed by atoms with Crippen LogP contribution in [0.5, 0.6) is 0 Å². The third-order valence-corrected chi connectivity index (χ3v) is 6.56. The Morgan fingerprint density at radius 1 is 1.10 bits per heavy atom. The first-order valence-corrected chi connectivity index (χ1v) is 11.2. The van der Waals surface area contributed by atoms with E-state index in [1.807, 2.05) is 50.2 Å². The summed E-state index contributed by atoms with van der Waals surface area (Å²) in [6, 6.07) is 13.5. The van der Waals surface area contributed by atoms with Crippen LogP contribution in [0.2, 0.25) is 0 Å². The van der Waals surface area contributed by atoms with Crippen LogP contribution in [-0.4, -0.2) is 45.0 Å². The van der Waals surface area contributed by atoms with Gasteiger partial charge >= 0.3 is 0 Å². The second kappa shape index (κ2) is 9.39. The first kappa shape index (κ1) is 21.3. The van der Waals surface area contributed by atoms with Gasteiger partial charge in [0, 0.05) is 18.8 Å². The average molecular weight is 417 g/mol. The Bertz CT molecular complexity index is 963. The molecule has 1 saturated heterocycles. The number of benzene rings is 2. The minimum Gasteiger partial charge on any atom is -0.379 e. The molecule has 1 aliphatic heterocycles. The SMILES string of the molecule is Cc1cc(C)cc(NC(N)=NCc2ccccc2CS(=O)(=O)N2CCOCC2)c1. The first-order chi connectivity index (χ1) is 13.8. The number of nitrogens with zero attached hydrogens (tertiary/aromatic N) is 2. The van der Waals surface area contributed by atoms with E-state index in [1.165, 1.54) is 4.31 Å². The Morgan fingerprint density at radius 3 is 2.38 bits per heavy atom.